The molecule has 21 heavy (non-hydrogen) atoms. The van der Waals surface area contributed by atoms with Crippen LogP contribution in [0.1, 0.15) is 35.7 Å². The Morgan fingerprint density at radius 2 is 2.14 bits per heavy atom. The van der Waals surface area contributed by atoms with E-state index < -0.39 is 5.97 Å². The second kappa shape index (κ2) is 7.08. The van der Waals surface area contributed by atoms with Crippen LogP contribution in [-0.2, 0) is 4.74 Å². The largest absolute Gasteiger partial charge is 0.462 e. The summed E-state index contributed by atoms with van der Waals surface area (Å²) in [6.07, 6.45) is 0. The zero-order valence-electron chi connectivity index (χ0n) is 12.1. The van der Waals surface area contributed by atoms with E-state index in [9.17, 15) is 4.79 Å². The fraction of sp³-hybridized carbons (Fsp3) is 0.333. The number of hydrogen-bond donors (Lipinski definition) is 2. The maximum atomic E-state index is 11.9. The predicted molar refractivity (Wildman–Crippen MR) is 85.8 cm³/mol. The van der Waals surface area contributed by atoms with Gasteiger partial charge in [0.25, 0.3) is 0 Å². The first kappa shape index (κ1) is 15.3. The molecule has 0 fully saturated rings. The van der Waals surface area contributed by atoms with E-state index in [4.69, 9.17) is 10.5 Å². The summed E-state index contributed by atoms with van der Waals surface area (Å²) in [5.74, 6) is 0.0940. The summed E-state index contributed by atoms with van der Waals surface area (Å²) in [6, 6.07) is 10.2. The summed E-state index contributed by atoms with van der Waals surface area (Å²) in [4.78, 5) is 11.9. The number of carbonyl (C=O) groups is 1. The number of nitrogens with zero attached hydrogens (tertiary/aromatic N) is 1. The minimum absolute atomic E-state index is 0.216. The average Bonchev–Trinajstić information content (AvgIpc) is 2.87. The van der Waals surface area contributed by atoms with Crippen molar-refractivity contribution < 1.29 is 9.53 Å². The third-order valence-electron chi connectivity index (χ3n) is 3.14. The van der Waals surface area contributed by atoms with Crippen LogP contribution in [0, 0.1) is 0 Å². The van der Waals surface area contributed by atoms with Gasteiger partial charge < -0.3 is 15.8 Å². The van der Waals surface area contributed by atoms with Gasteiger partial charge >= 0.3 is 5.97 Å². The zero-order chi connectivity index (χ0) is 15.2. The van der Waals surface area contributed by atoms with Crippen LogP contribution in [0.3, 0.4) is 0 Å². The lowest BCUT2D eigenvalue weighted by atomic mass is 10.0. The lowest BCUT2D eigenvalue weighted by Gasteiger charge is -2.13. The van der Waals surface area contributed by atoms with Gasteiger partial charge in [-0.25, -0.2) is 4.79 Å². The van der Waals surface area contributed by atoms with E-state index in [1.165, 1.54) is 17.1 Å². The molecule has 0 radical (unpaired) electrons. The van der Waals surface area contributed by atoms with Gasteiger partial charge in [-0.2, -0.15) is 4.37 Å². The third kappa shape index (κ3) is 3.72. The second-order valence-electron chi connectivity index (χ2n) is 4.69. The quantitative estimate of drug-likeness (QED) is 0.802. The van der Waals surface area contributed by atoms with Gasteiger partial charge in [-0.3, -0.25) is 0 Å². The molecular formula is C15H19N3O2S. The molecular weight excluding hydrogens is 286 g/mol. The lowest BCUT2D eigenvalue weighted by Crippen LogP contribution is -2.13. The summed E-state index contributed by atoms with van der Waals surface area (Å²) in [6.45, 7) is 4.89. The van der Waals surface area contributed by atoms with Gasteiger partial charge in [0, 0.05) is 6.54 Å². The van der Waals surface area contributed by atoms with E-state index in [2.05, 4.69) is 28.7 Å². The molecule has 0 saturated heterocycles. The first-order chi connectivity index (χ1) is 10.1. The molecule has 1 heterocycles. The van der Waals surface area contributed by atoms with Crippen molar-refractivity contribution in [2.24, 2.45) is 0 Å². The van der Waals surface area contributed by atoms with Gasteiger partial charge in [-0.1, -0.05) is 37.3 Å². The van der Waals surface area contributed by atoms with Crippen LogP contribution in [0.15, 0.2) is 30.3 Å². The van der Waals surface area contributed by atoms with E-state index in [1.807, 2.05) is 18.2 Å². The van der Waals surface area contributed by atoms with E-state index in [1.54, 1.807) is 6.92 Å². The number of nitrogen functional groups attached to an aromatic ring is 1. The maximum absolute atomic E-state index is 11.9. The topological polar surface area (TPSA) is 77.2 Å². The Hall–Kier alpha value is -2.08. The van der Waals surface area contributed by atoms with Crippen LogP contribution in [-0.4, -0.2) is 23.5 Å². The molecule has 0 amide bonds. The molecule has 1 unspecified atom stereocenters. The van der Waals surface area contributed by atoms with Gasteiger partial charge in [-0.05, 0) is 29.9 Å². The van der Waals surface area contributed by atoms with Crippen LogP contribution in [0.2, 0.25) is 0 Å². The predicted octanol–water partition coefficient (Wildman–Crippen LogP) is 3.12. The number of anilines is 2. The summed E-state index contributed by atoms with van der Waals surface area (Å²) < 4.78 is 9.03. The molecule has 0 spiro atoms. The van der Waals surface area contributed by atoms with Crippen LogP contribution in [0.5, 0.6) is 0 Å². The standard InChI is InChI=1S/C15H19N3O2S/c1-3-20-15(19)12-13(16)18-21-14(12)17-9-10(2)11-7-5-4-6-8-11/h4-8,10,17H,3,9H2,1-2H3,(H2,16,18). The van der Waals surface area contributed by atoms with Crippen LogP contribution in [0.4, 0.5) is 10.8 Å². The Kier molecular flexibility index (Phi) is 5.16. The van der Waals surface area contributed by atoms with Crippen molar-refractivity contribution in [2.45, 2.75) is 19.8 Å². The molecule has 1 aromatic heterocycles. The number of nitrogens with two attached hydrogens (primary N) is 1. The molecule has 0 saturated carbocycles. The number of esters is 1. The van der Waals surface area contributed by atoms with Gasteiger partial charge in [0.05, 0.1) is 6.61 Å². The highest BCUT2D eigenvalue weighted by molar-refractivity contribution is 7.11. The Morgan fingerprint density at radius 3 is 2.81 bits per heavy atom. The highest BCUT2D eigenvalue weighted by Crippen LogP contribution is 2.28. The first-order valence-electron chi connectivity index (χ1n) is 6.84. The maximum Gasteiger partial charge on any atom is 0.344 e. The van der Waals surface area contributed by atoms with Gasteiger partial charge in [0.1, 0.15) is 10.6 Å². The third-order valence-corrected chi connectivity index (χ3v) is 3.95. The number of hydrogen-bond acceptors (Lipinski definition) is 6. The number of carbonyl (C=O) groups excluding carboxylic acids is 1. The first-order valence-corrected chi connectivity index (χ1v) is 7.61. The molecule has 1 atom stereocenters. The van der Waals surface area contributed by atoms with Crippen LogP contribution < -0.4 is 11.1 Å². The van der Waals surface area contributed by atoms with Gasteiger partial charge in [0.15, 0.2) is 5.82 Å². The summed E-state index contributed by atoms with van der Waals surface area (Å²) in [5, 5.41) is 3.91. The lowest BCUT2D eigenvalue weighted by molar-refractivity contribution is 0.0529. The smallest absolute Gasteiger partial charge is 0.344 e. The normalized spacial score (nSPS) is 11.9. The van der Waals surface area contributed by atoms with Gasteiger partial charge in [0.2, 0.25) is 0 Å². The highest BCUT2D eigenvalue weighted by Gasteiger charge is 2.20. The minimum atomic E-state index is -0.432. The molecule has 112 valence electrons. The van der Waals surface area contributed by atoms with Crippen molar-refractivity contribution in [3.05, 3.63) is 41.5 Å². The molecule has 5 nitrogen and oxygen atoms in total. The summed E-state index contributed by atoms with van der Waals surface area (Å²) in [7, 11) is 0. The van der Waals surface area contributed by atoms with Crippen molar-refractivity contribution in [1.29, 1.82) is 0 Å². The minimum Gasteiger partial charge on any atom is -0.462 e. The fourth-order valence-corrected chi connectivity index (χ4v) is 2.68. The Labute approximate surface area is 128 Å². The van der Waals surface area contributed by atoms with E-state index in [-0.39, 0.29) is 5.82 Å². The molecule has 0 aliphatic carbocycles. The number of benzene rings is 1. The number of nitrogens with one attached hydrogen (secondary N) is 1. The molecule has 0 aliphatic heterocycles. The monoisotopic (exact) mass is 305 g/mol. The number of rotatable bonds is 6. The zero-order valence-corrected chi connectivity index (χ0v) is 12.9. The van der Waals surface area contributed by atoms with Crippen molar-refractivity contribution in [3.8, 4) is 0 Å². The number of aromatic nitrogens is 1. The summed E-state index contributed by atoms with van der Waals surface area (Å²) >= 11 is 1.18. The molecule has 6 heteroatoms. The molecule has 2 rings (SSSR count). The molecule has 0 bridgehead atoms. The summed E-state index contributed by atoms with van der Waals surface area (Å²) in [5.41, 5.74) is 7.32. The van der Waals surface area contributed by atoms with Crippen LogP contribution in [0.25, 0.3) is 0 Å². The van der Waals surface area contributed by atoms with Crippen LogP contribution >= 0.6 is 11.5 Å². The SMILES string of the molecule is CCOC(=O)c1c(N)nsc1NCC(C)c1ccccc1. The van der Waals surface area contributed by atoms with E-state index in [0.717, 1.165) is 0 Å². The van der Waals surface area contributed by atoms with Crippen molar-refractivity contribution in [3.63, 3.8) is 0 Å². The van der Waals surface area contributed by atoms with Crippen molar-refractivity contribution in [1.82, 2.24) is 4.37 Å². The Bertz CT molecular complexity index is 598. The van der Waals surface area contributed by atoms with Crippen molar-refractivity contribution in [2.75, 3.05) is 24.2 Å². The van der Waals surface area contributed by atoms with Crippen molar-refractivity contribution >= 4 is 28.3 Å². The highest BCUT2D eigenvalue weighted by atomic mass is 32.1. The molecule has 0 aliphatic rings. The Balaban J connectivity index is 2.05. The molecule has 3 N–H and O–H groups in total. The van der Waals surface area contributed by atoms with E-state index >= 15 is 0 Å². The number of ether oxygens (including phenoxy) is 1. The average molecular weight is 305 g/mol. The second-order valence-corrected chi connectivity index (χ2v) is 5.46. The molecule has 2 aromatic rings. The van der Waals surface area contributed by atoms with E-state index in [0.29, 0.717) is 29.6 Å². The molecule has 1 aromatic carbocycles. The van der Waals surface area contributed by atoms with Gasteiger partial charge in [-0.15, -0.1) is 0 Å². The fourth-order valence-electron chi connectivity index (χ4n) is 1.97. The Morgan fingerprint density at radius 1 is 1.43 bits per heavy atom.